The molecule has 9 heteroatoms. The second-order valence-corrected chi connectivity index (χ2v) is 7.80. The van der Waals surface area contributed by atoms with Crippen LogP contribution in [0.15, 0.2) is 39.7 Å². The number of halogens is 2. The van der Waals surface area contributed by atoms with Gasteiger partial charge >= 0.3 is 5.97 Å². The monoisotopic (exact) mass is 427 g/mol. The number of carbonyl (C=O) groups excluding carboxylic acids is 1. The number of carboxylic acids is 1. The molecule has 1 aliphatic rings. The molecule has 0 aliphatic carbocycles. The number of hydrogen-bond acceptors (Lipinski definition) is 5. The summed E-state index contributed by atoms with van der Waals surface area (Å²) in [5.74, 6) is -0.255. The minimum atomic E-state index is -0.986. The highest BCUT2D eigenvalue weighted by atomic mass is 35.5. The minimum absolute atomic E-state index is 0.0457. The topological polar surface area (TPSA) is 70.8 Å². The van der Waals surface area contributed by atoms with Crippen LogP contribution in [-0.2, 0) is 9.59 Å². The number of aliphatic carboxylic acids is 1. The SMILES string of the molecule is O=C(O)CCN1C(=O)C(=Cc2ccc(-c3ccc(Cl)c(Cl)c3)o2)SC1=S. The van der Waals surface area contributed by atoms with Crippen LogP contribution in [-0.4, -0.2) is 32.7 Å². The first-order chi connectivity index (χ1) is 12.3. The van der Waals surface area contributed by atoms with Crippen LogP contribution in [0.2, 0.25) is 10.0 Å². The Labute approximate surface area is 168 Å². The third kappa shape index (κ3) is 4.12. The van der Waals surface area contributed by atoms with E-state index in [2.05, 4.69) is 0 Å². The largest absolute Gasteiger partial charge is 0.481 e. The predicted octanol–water partition coefficient (Wildman–Crippen LogP) is 4.93. The summed E-state index contributed by atoms with van der Waals surface area (Å²) in [5, 5.41) is 9.63. The molecule has 1 N–H and O–H groups in total. The lowest BCUT2D eigenvalue weighted by atomic mass is 10.2. The molecule has 0 radical (unpaired) electrons. The molecule has 5 nitrogen and oxygen atoms in total. The van der Waals surface area contributed by atoms with E-state index in [4.69, 9.17) is 44.9 Å². The van der Waals surface area contributed by atoms with Gasteiger partial charge in [0.1, 0.15) is 15.8 Å². The third-order valence-corrected chi connectivity index (χ3v) is 5.64. The summed E-state index contributed by atoms with van der Waals surface area (Å²) < 4.78 is 6.08. The van der Waals surface area contributed by atoms with Crippen LogP contribution in [0.25, 0.3) is 17.4 Å². The summed E-state index contributed by atoms with van der Waals surface area (Å²) in [7, 11) is 0. The van der Waals surface area contributed by atoms with Gasteiger partial charge in [-0.2, -0.15) is 0 Å². The van der Waals surface area contributed by atoms with Crippen LogP contribution in [0.3, 0.4) is 0 Å². The lowest BCUT2D eigenvalue weighted by molar-refractivity contribution is -0.137. The number of carbonyl (C=O) groups is 2. The van der Waals surface area contributed by atoms with Gasteiger partial charge in [-0.05, 0) is 30.3 Å². The summed E-state index contributed by atoms with van der Waals surface area (Å²) in [6, 6.07) is 8.63. The van der Waals surface area contributed by atoms with E-state index < -0.39 is 5.97 Å². The van der Waals surface area contributed by atoms with Crippen molar-refractivity contribution in [2.75, 3.05) is 6.54 Å². The summed E-state index contributed by atoms with van der Waals surface area (Å²) >= 11 is 18.2. The smallest absolute Gasteiger partial charge is 0.305 e. The van der Waals surface area contributed by atoms with E-state index in [-0.39, 0.29) is 18.9 Å². The standard InChI is InChI=1S/C17H11Cl2NO4S2/c18-11-3-1-9(7-12(11)19)13-4-2-10(24-13)8-14-16(23)20(17(25)26-14)6-5-15(21)22/h1-4,7-8H,5-6H2,(H,21,22). The highest BCUT2D eigenvalue weighted by Crippen LogP contribution is 2.34. The number of nitrogens with zero attached hydrogens (tertiary/aromatic N) is 1. The number of thiocarbonyl (C=S) groups is 1. The molecular formula is C17H11Cl2NO4S2. The van der Waals surface area contributed by atoms with E-state index in [0.29, 0.717) is 30.8 Å². The number of hydrogen-bond donors (Lipinski definition) is 1. The Balaban J connectivity index is 1.79. The van der Waals surface area contributed by atoms with Crippen molar-refractivity contribution in [2.24, 2.45) is 0 Å². The van der Waals surface area contributed by atoms with Gasteiger partial charge in [-0.15, -0.1) is 0 Å². The van der Waals surface area contributed by atoms with Gasteiger partial charge < -0.3 is 9.52 Å². The molecule has 3 rings (SSSR count). The fourth-order valence-electron chi connectivity index (χ4n) is 2.26. The zero-order chi connectivity index (χ0) is 18.8. The van der Waals surface area contributed by atoms with E-state index in [1.54, 1.807) is 36.4 Å². The predicted molar refractivity (Wildman–Crippen MR) is 106 cm³/mol. The number of furan rings is 1. The average Bonchev–Trinajstić information content (AvgIpc) is 3.14. The van der Waals surface area contributed by atoms with Crippen molar-refractivity contribution < 1.29 is 19.1 Å². The van der Waals surface area contributed by atoms with Gasteiger partial charge in [0, 0.05) is 18.2 Å². The second kappa shape index (κ2) is 7.84. The first-order valence-corrected chi connectivity index (χ1v) is 9.35. The quantitative estimate of drug-likeness (QED) is 0.538. The fourth-order valence-corrected chi connectivity index (χ4v) is 3.85. The van der Waals surface area contributed by atoms with Crippen LogP contribution in [0.4, 0.5) is 0 Å². The second-order valence-electron chi connectivity index (χ2n) is 5.31. The van der Waals surface area contributed by atoms with Gasteiger partial charge in [0.25, 0.3) is 5.91 Å². The van der Waals surface area contributed by atoms with Crippen molar-refractivity contribution >= 4 is 69.5 Å². The van der Waals surface area contributed by atoms with Crippen LogP contribution < -0.4 is 0 Å². The van der Waals surface area contributed by atoms with Crippen molar-refractivity contribution in [2.45, 2.75) is 6.42 Å². The minimum Gasteiger partial charge on any atom is -0.481 e. The van der Waals surface area contributed by atoms with Gasteiger partial charge in [-0.1, -0.05) is 47.2 Å². The lowest BCUT2D eigenvalue weighted by Gasteiger charge is -2.12. The van der Waals surface area contributed by atoms with E-state index in [1.165, 1.54) is 4.90 Å². The summed E-state index contributed by atoms with van der Waals surface area (Å²) in [5.41, 5.74) is 0.757. The van der Waals surface area contributed by atoms with Crippen LogP contribution >= 0.6 is 47.2 Å². The van der Waals surface area contributed by atoms with E-state index in [0.717, 1.165) is 17.3 Å². The Bertz CT molecular complexity index is 939. The third-order valence-electron chi connectivity index (χ3n) is 3.53. The summed E-state index contributed by atoms with van der Waals surface area (Å²) in [4.78, 5) is 24.7. The van der Waals surface area contributed by atoms with Crippen molar-refractivity contribution in [1.82, 2.24) is 4.90 Å². The molecule has 1 aliphatic heterocycles. The van der Waals surface area contributed by atoms with Gasteiger partial charge in [-0.25, -0.2) is 0 Å². The molecule has 0 spiro atoms. The maximum atomic E-state index is 12.4. The molecule has 0 bridgehead atoms. The Morgan fingerprint density at radius 1 is 1.27 bits per heavy atom. The Kier molecular flexibility index (Phi) is 5.72. The van der Waals surface area contributed by atoms with Gasteiger partial charge in [0.05, 0.1) is 21.4 Å². The van der Waals surface area contributed by atoms with Crippen molar-refractivity contribution in [3.05, 3.63) is 51.0 Å². The molecule has 1 aromatic carbocycles. The first kappa shape index (κ1) is 19.0. The molecule has 1 amide bonds. The molecule has 0 saturated carbocycles. The van der Waals surface area contributed by atoms with Crippen LogP contribution in [0.5, 0.6) is 0 Å². The molecule has 1 aromatic heterocycles. The summed E-state index contributed by atoms with van der Waals surface area (Å²) in [6.07, 6.45) is 1.42. The molecule has 134 valence electrons. The molecule has 0 atom stereocenters. The molecule has 26 heavy (non-hydrogen) atoms. The van der Waals surface area contributed by atoms with E-state index >= 15 is 0 Å². The number of thioether (sulfide) groups is 1. The molecule has 1 fully saturated rings. The highest BCUT2D eigenvalue weighted by Gasteiger charge is 2.32. The van der Waals surface area contributed by atoms with Crippen molar-refractivity contribution in [3.63, 3.8) is 0 Å². The average molecular weight is 428 g/mol. The normalized spacial score (nSPS) is 15.9. The first-order valence-electron chi connectivity index (χ1n) is 7.37. The number of amides is 1. The highest BCUT2D eigenvalue weighted by molar-refractivity contribution is 8.26. The molecule has 1 saturated heterocycles. The summed E-state index contributed by atoms with van der Waals surface area (Å²) in [6.45, 7) is 0.0457. The molecular weight excluding hydrogens is 417 g/mol. The Morgan fingerprint density at radius 2 is 2.04 bits per heavy atom. The van der Waals surface area contributed by atoms with Crippen LogP contribution in [0.1, 0.15) is 12.2 Å². The lowest BCUT2D eigenvalue weighted by Crippen LogP contribution is -2.30. The van der Waals surface area contributed by atoms with Gasteiger partial charge in [-0.3, -0.25) is 14.5 Å². The zero-order valence-corrected chi connectivity index (χ0v) is 16.2. The van der Waals surface area contributed by atoms with E-state index in [9.17, 15) is 9.59 Å². The molecule has 0 unspecified atom stereocenters. The molecule has 2 aromatic rings. The van der Waals surface area contributed by atoms with Crippen molar-refractivity contribution in [1.29, 1.82) is 0 Å². The Hall–Kier alpha value is -1.80. The van der Waals surface area contributed by atoms with Gasteiger partial charge in [0.15, 0.2) is 0 Å². The number of rotatable bonds is 5. The zero-order valence-electron chi connectivity index (χ0n) is 13.1. The van der Waals surface area contributed by atoms with Crippen LogP contribution in [0, 0.1) is 0 Å². The maximum Gasteiger partial charge on any atom is 0.305 e. The van der Waals surface area contributed by atoms with Gasteiger partial charge in [0.2, 0.25) is 0 Å². The Morgan fingerprint density at radius 3 is 2.73 bits per heavy atom. The number of benzene rings is 1. The fraction of sp³-hybridized carbons (Fsp3) is 0.118. The number of carboxylic acid groups (broad SMARTS) is 1. The van der Waals surface area contributed by atoms with E-state index in [1.807, 2.05) is 0 Å². The molecule has 2 heterocycles. The van der Waals surface area contributed by atoms with Crippen molar-refractivity contribution in [3.8, 4) is 11.3 Å². The maximum absolute atomic E-state index is 12.4.